The van der Waals surface area contributed by atoms with Gasteiger partial charge in [-0.1, -0.05) is 43.1 Å². The molecule has 0 saturated carbocycles. The summed E-state index contributed by atoms with van der Waals surface area (Å²) >= 11 is 6.27. The maximum Gasteiger partial charge on any atom is 0.251 e. The fraction of sp³-hybridized carbons (Fsp3) is 0.333. The van der Waals surface area contributed by atoms with Gasteiger partial charge in [0.1, 0.15) is 19.3 Å². The monoisotopic (exact) mass is 402 g/mol. The van der Waals surface area contributed by atoms with Crippen LogP contribution < -0.4 is 20.1 Å². The third-order valence-electron chi connectivity index (χ3n) is 4.41. The van der Waals surface area contributed by atoms with Crippen molar-refractivity contribution < 1.29 is 19.1 Å². The molecular weight excluding hydrogens is 380 g/mol. The summed E-state index contributed by atoms with van der Waals surface area (Å²) in [6.45, 7) is 6.53. The van der Waals surface area contributed by atoms with Gasteiger partial charge >= 0.3 is 0 Å². The van der Waals surface area contributed by atoms with Gasteiger partial charge in [0.05, 0.1) is 10.7 Å². The van der Waals surface area contributed by atoms with Crippen molar-refractivity contribution >= 4 is 29.1 Å². The number of hydrogen-bond acceptors (Lipinski definition) is 4. The minimum Gasteiger partial charge on any atom is -0.486 e. The Bertz CT molecular complexity index is 898. The van der Waals surface area contributed by atoms with E-state index in [4.69, 9.17) is 21.1 Å². The van der Waals surface area contributed by atoms with Crippen LogP contribution in [0.3, 0.4) is 0 Å². The predicted molar refractivity (Wildman–Crippen MR) is 108 cm³/mol. The Morgan fingerprint density at radius 2 is 1.75 bits per heavy atom. The second-order valence-corrected chi connectivity index (χ2v) is 7.44. The first-order chi connectivity index (χ1) is 13.3. The molecule has 0 radical (unpaired) electrons. The summed E-state index contributed by atoms with van der Waals surface area (Å²) in [5.74, 6) is 0.295. The molecule has 0 aromatic heterocycles. The molecule has 0 bridgehead atoms. The highest BCUT2D eigenvalue weighted by Gasteiger charge is 2.26. The maximum atomic E-state index is 12.9. The lowest BCUT2D eigenvalue weighted by atomic mass is 10.0. The van der Waals surface area contributed by atoms with E-state index in [9.17, 15) is 9.59 Å². The molecule has 1 atom stereocenters. The van der Waals surface area contributed by atoms with Gasteiger partial charge in [-0.15, -0.1) is 0 Å². The molecule has 7 heteroatoms. The number of rotatable bonds is 5. The van der Waals surface area contributed by atoms with Crippen LogP contribution in [0.4, 0.5) is 5.69 Å². The number of nitrogens with one attached hydrogen (secondary N) is 2. The van der Waals surface area contributed by atoms with Gasteiger partial charge in [-0.25, -0.2) is 0 Å². The molecule has 0 aliphatic carbocycles. The molecule has 2 aromatic rings. The Kier molecular flexibility index (Phi) is 6.09. The van der Waals surface area contributed by atoms with Crippen LogP contribution in [0.25, 0.3) is 0 Å². The van der Waals surface area contributed by atoms with Crippen molar-refractivity contribution in [2.45, 2.75) is 26.8 Å². The molecular formula is C21H23ClN2O4. The van der Waals surface area contributed by atoms with Crippen molar-refractivity contribution in [2.75, 3.05) is 18.5 Å². The second kappa shape index (κ2) is 8.52. The number of ether oxygens (including phenoxy) is 2. The first-order valence-corrected chi connectivity index (χ1v) is 9.50. The zero-order valence-corrected chi connectivity index (χ0v) is 16.8. The molecule has 1 aliphatic rings. The third-order valence-corrected chi connectivity index (χ3v) is 4.72. The Hall–Kier alpha value is -2.73. The van der Waals surface area contributed by atoms with E-state index in [1.165, 1.54) is 0 Å². The fourth-order valence-electron chi connectivity index (χ4n) is 2.92. The van der Waals surface area contributed by atoms with Crippen LogP contribution in [0.1, 0.15) is 29.8 Å². The Labute approximate surface area is 169 Å². The number of aryl methyl sites for hydroxylation is 1. The van der Waals surface area contributed by atoms with Crippen molar-refractivity contribution in [3.05, 3.63) is 52.5 Å². The number of carbonyl (C=O) groups excluding carboxylic acids is 2. The summed E-state index contributed by atoms with van der Waals surface area (Å²) in [6, 6.07) is 9.74. The van der Waals surface area contributed by atoms with Crippen molar-refractivity contribution in [2.24, 2.45) is 5.92 Å². The molecule has 1 aliphatic heterocycles. The summed E-state index contributed by atoms with van der Waals surface area (Å²) in [5.41, 5.74) is 1.89. The van der Waals surface area contributed by atoms with E-state index in [1.807, 2.05) is 32.9 Å². The van der Waals surface area contributed by atoms with Gasteiger partial charge < -0.3 is 20.1 Å². The van der Waals surface area contributed by atoms with Gasteiger partial charge in [-0.2, -0.15) is 0 Å². The number of halogens is 1. The molecule has 3 rings (SSSR count). The molecule has 0 fully saturated rings. The van der Waals surface area contributed by atoms with Crippen molar-refractivity contribution in [1.82, 2.24) is 5.32 Å². The van der Waals surface area contributed by atoms with E-state index in [1.54, 1.807) is 24.3 Å². The van der Waals surface area contributed by atoms with Crippen LogP contribution in [-0.2, 0) is 4.79 Å². The topological polar surface area (TPSA) is 76.7 Å². The lowest BCUT2D eigenvalue weighted by Gasteiger charge is -2.23. The summed E-state index contributed by atoms with van der Waals surface area (Å²) in [4.78, 5) is 25.4. The van der Waals surface area contributed by atoms with E-state index in [0.29, 0.717) is 41.0 Å². The minimum absolute atomic E-state index is 0.121. The van der Waals surface area contributed by atoms with Crippen LogP contribution in [-0.4, -0.2) is 31.1 Å². The lowest BCUT2D eigenvalue weighted by molar-refractivity contribution is -0.118. The molecule has 1 heterocycles. The average molecular weight is 403 g/mol. The number of fused-ring (bicyclic) bond motifs is 1. The van der Waals surface area contributed by atoms with Crippen LogP contribution in [0.5, 0.6) is 11.5 Å². The molecule has 0 saturated heterocycles. The van der Waals surface area contributed by atoms with Gasteiger partial charge in [0, 0.05) is 17.7 Å². The highest BCUT2D eigenvalue weighted by atomic mass is 35.5. The maximum absolute atomic E-state index is 12.9. The van der Waals surface area contributed by atoms with Crippen molar-refractivity contribution in [3.63, 3.8) is 0 Å². The number of benzene rings is 2. The lowest BCUT2D eigenvalue weighted by Crippen LogP contribution is -2.47. The molecule has 2 amide bonds. The van der Waals surface area contributed by atoms with Gasteiger partial charge in [0.2, 0.25) is 5.91 Å². The first kappa shape index (κ1) is 20.0. The van der Waals surface area contributed by atoms with E-state index in [0.717, 1.165) is 5.56 Å². The SMILES string of the molecule is Cc1cccc(C(=O)NC(C(=O)Nc2cc3c(cc2Cl)OCCO3)C(C)C)c1. The molecule has 28 heavy (non-hydrogen) atoms. The van der Waals surface area contributed by atoms with Crippen LogP contribution in [0.15, 0.2) is 36.4 Å². The Morgan fingerprint density at radius 3 is 2.39 bits per heavy atom. The zero-order chi connectivity index (χ0) is 20.3. The molecule has 148 valence electrons. The highest BCUT2D eigenvalue weighted by Crippen LogP contribution is 2.38. The van der Waals surface area contributed by atoms with Crippen LogP contribution in [0, 0.1) is 12.8 Å². The third kappa shape index (κ3) is 4.57. The smallest absolute Gasteiger partial charge is 0.251 e. The highest BCUT2D eigenvalue weighted by molar-refractivity contribution is 6.34. The molecule has 0 spiro atoms. The normalized spacial score (nSPS) is 13.8. The van der Waals surface area contributed by atoms with Crippen LogP contribution in [0.2, 0.25) is 5.02 Å². The first-order valence-electron chi connectivity index (χ1n) is 9.12. The Morgan fingerprint density at radius 1 is 1.07 bits per heavy atom. The van der Waals surface area contributed by atoms with Crippen LogP contribution >= 0.6 is 11.6 Å². The molecule has 2 N–H and O–H groups in total. The van der Waals surface area contributed by atoms with Gasteiger partial charge in [0.25, 0.3) is 5.91 Å². The standard InChI is InChI=1S/C21H23ClN2O4/c1-12(2)19(24-20(25)14-6-4-5-13(3)9-14)21(26)23-16-11-18-17(10-15(16)22)27-7-8-28-18/h4-6,9-12,19H,7-8H2,1-3H3,(H,23,26)(H,24,25). The average Bonchev–Trinajstić information content (AvgIpc) is 2.66. The summed E-state index contributed by atoms with van der Waals surface area (Å²) in [5, 5.41) is 5.94. The number of amides is 2. The minimum atomic E-state index is -0.725. The van der Waals surface area contributed by atoms with Gasteiger partial charge in [0.15, 0.2) is 11.5 Å². The Balaban J connectivity index is 1.76. The van der Waals surface area contributed by atoms with E-state index in [2.05, 4.69) is 10.6 Å². The molecule has 6 nitrogen and oxygen atoms in total. The predicted octanol–water partition coefficient (Wildman–Crippen LogP) is 3.81. The molecule has 1 unspecified atom stereocenters. The zero-order valence-electron chi connectivity index (χ0n) is 16.0. The quantitative estimate of drug-likeness (QED) is 0.797. The van der Waals surface area contributed by atoms with Crippen molar-refractivity contribution in [3.8, 4) is 11.5 Å². The van der Waals surface area contributed by atoms with E-state index >= 15 is 0 Å². The largest absolute Gasteiger partial charge is 0.486 e. The summed E-state index contributed by atoms with van der Waals surface area (Å²) in [6.07, 6.45) is 0. The van der Waals surface area contributed by atoms with E-state index in [-0.39, 0.29) is 17.7 Å². The summed E-state index contributed by atoms with van der Waals surface area (Å²) < 4.78 is 11.0. The fourth-order valence-corrected chi connectivity index (χ4v) is 3.12. The second-order valence-electron chi connectivity index (χ2n) is 7.03. The number of anilines is 1. The number of hydrogen-bond donors (Lipinski definition) is 2. The number of carbonyl (C=O) groups is 2. The van der Waals surface area contributed by atoms with E-state index < -0.39 is 6.04 Å². The van der Waals surface area contributed by atoms with Crippen molar-refractivity contribution in [1.29, 1.82) is 0 Å². The van der Waals surface area contributed by atoms with Gasteiger partial charge in [-0.3, -0.25) is 9.59 Å². The molecule has 2 aromatic carbocycles. The summed E-state index contributed by atoms with van der Waals surface area (Å²) in [7, 11) is 0. The van der Waals surface area contributed by atoms with Gasteiger partial charge in [-0.05, 0) is 25.0 Å².